The number of rotatable bonds is 0. The number of fused-ring (bicyclic) bond motifs is 3. The van der Waals surface area contributed by atoms with E-state index in [2.05, 4.69) is 31.5 Å². The van der Waals surface area contributed by atoms with Crippen molar-refractivity contribution in [3.63, 3.8) is 0 Å². The van der Waals surface area contributed by atoms with Gasteiger partial charge in [0, 0.05) is 5.39 Å². The summed E-state index contributed by atoms with van der Waals surface area (Å²) in [6.45, 7) is 0. The average molecular weight is 207 g/mol. The van der Waals surface area contributed by atoms with Crippen molar-refractivity contribution >= 4 is 21.9 Å². The van der Waals surface area contributed by atoms with Gasteiger partial charge in [0.1, 0.15) is 22.2 Å². The largest absolute Gasteiger partial charge is 0.147 e. The first kappa shape index (κ1) is 8.68. The molecule has 5 heteroatoms. The maximum absolute atomic E-state index is 5.27. The van der Waals surface area contributed by atoms with Crippen LogP contribution in [0.2, 0.25) is 0 Å². The van der Waals surface area contributed by atoms with E-state index in [1.54, 1.807) is 6.07 Å². The highest BCUT2D eigenvalue weighted by atomic mass is 15.3. The molecule has 0 saturated carbocycles. The Morgan fingerprint density at radius 1 is 0.875 bits per heavy atom. The van der Waals surface area contributed by atoms with E-state index < -0.39 is 0 Å². The number of hydrogen-bond donors (Lipinski definition) is 0. The summed E-state index contributed by atoms with van der Waals surface area (Å²) in [5, 5.41) is 20.3. The molecule has 16 heavy (non-hydrogen) atoms. The van der Waals surface area contributed by atoms with Crippen molar-refractivity contribution in [2.24, 2.45) is 0 Å². The smallest absolute Gasteiger partial charge is 0.143 e. The predicted octanol–water partition coefficient (Wildman–Crippen LogP) is 0.949. The molecule has 0 unspecified atom stereocenters. The summed E-state index contributed by atoms with van der Waals surface area (Å²) in [6.07, 6.45) is 5.27. The van der Waals surface area contributed by atoms with Gasteiger partial charge in [0.05, 0.1) is 0 Å². The van der Waals surface area contributed by atoms with E-state index in [9.17, 15) is 0 Å². The first-order valence-electron chi connectivity index (χ1n) is 4.60. The molecule has 0 aliphatic heterocycles. The number of benzene rings is 1. The molecule has 5 nitrogen and oxygen atoms in total. The zero-order valence-corrected chi connectivity index (χ0v) is 8.12. The van der Waals surface area contributed by atoms with Gasteiger partial charge in [0.15, 0.2) is 0 Å². The second-order valence-electron chi connectivity index (χ2n) is 3.22. The van der Waals surface area contributed by atoms with Crippen molar-refractivity contribution in [1.29, 1.82) is 0 Å². The molecule has 0 aliphatic carbocycles. The Morgan fingerprint density at radius 2 is 1.75 bits per heavy atom. The van der Waals surface area contributed by atoms with Crippen LogP contribution < -0.4 is 0 Å². The Kier molecular flexibility index (Phi) is 1.74. The molecule has 0 bridgehead atoms. The van der Waals surface area contributed by atoms with Crippen LogP contribution in [0.3, 0.4) is 0 Å². The molecule has 0 radical (unpaired) electrons. The monoisotopic (exact) mass is 207 g/mol. The van der Waals surface area contributed by atoms with Gasteiger partial charge in [0.25, 0.3) is 0 Å². The van der Waals surface area contributed by atoms with E-state index >= 15 is 0 Å². The van der Waals surface area contributed by atoms with Gasteiger partial charge in [-0.25, -0.2) is 0 Å². The molecule has 0 amide bonds. The molecule has 0 fully saturated rings. The van der Waals surface area contributed by atoms with E-state index in [4.69, 9.17) is 6.42 Å². The van der Waals surface area contributed by atoms with Gasteiger partial charge in [-0.1, -0.05) is 6.07 Å². The highest BCUT2D eigenvalue weighted by molar-refractivity contribution is 6.00. The number of hydrogen-bond acceptors (Lipinski definition) is 5. The van der Waals surface area contributed by atoms with Crippen molar-refractivity contribution in [3.8, 4) is 12.3 Å². The molecule has 0 spiro atoms. The molecule has 2 heterocycles. The lowest BCUT2D eigenvalue weighted by Crippen LogP contribution is -1.81. The molecular weight excluding hydrogens is 202 g/mol. The van der Waals surface area contributed by atoms with Crippen LogP contribution in [-0.4, -0.2) is 25.6 Å². The summed E-state index contributed by atoms with van der Waals surface area (Å²) in [5.74, 6) is 2.44. The first-order valence-corrected chi connectivity index (χ1v) is 4.60. The second kappa shape index (κ2) is 3.21. The summed E-state index contributed by atoms with van der Waals surface area (Å²) in [7, 11) is 0. The van der Waals surface area contributed by atoms with Crippen LogP contribution in [0, 0.1) is 12.3 Å². The minimum atomic E-state index is 0.483. The second-order valence-corrected chi connectivity index (χ2v) is 3.22. The summed E-state index contributed by atoms with van der Waals surface area (Å²) in [4.78, 5) is 0. The molecule has 3 rings (SSSR count). The lowest BCUT2D eigenvalue weighted by molar-refractivity contribution is 0.959. The van der Waals surface area contributed by atoms with E-state index in [0.717, 1.165) is 5.39 Å². The van der Waals surface area contributed by atoms with Crippen LogP contribution in [0.5, 0.6) is 0 Å². The van der Waals surface area contributed by atoms with Gasteiger partial charge < -0.3 is 0 Å². The Balaban J connectivity index is 2.52. The number of terminal acetylenes is 1. The van der Waals surface area contributed by atoms with Gasteiger partial charge in [-0.2, -0.15) is 0 Å². The Labute approximate surface area is 90.5 Å². The third-order valence-electron chi connectivity index (χ3n) is 2.28. The van der Waals surface area contributed by atoms with Crippen molar-refractivity contribution in [3.05, 3.63) is 30.0 Å². The topological polar surface area (TPSA) is 64.5 Å². The van der Waals surface area contributed by atoms with Crippen molar-refractivity contribution < 1.29 is 0 Å². The van der Waals surface area contributed by atoms with E-state index in [1.807, 2.05) is 18.2 Å². The van der Waals surface area contributed by atoms with Crippen LogP contribution >= 0.6 is 0 Å². The zero-order valence-electron chi connectivity index (χ0n) is 8.12. The maximum Gasteiger partial charge on any atom is 0.143 e. The lowest BCUT2D eigenvalue weighted by atomic mass is 10.2. The Bertz CT molecular complexity index is 729. The van der Waals surface area contributed by atoms with Crippen LogP contribution in [-0.2, 0) is 0 Å². The Morgan fingerprint density at radius 3 is 2.62 bits per heavy atom. The predicted molar refractivity (Wildman–Crippen MR) is 58.4 cm³/mol. The molecular formula is C11H5N5. The number of aromatic nitrogens is 5. The fraction of sp³-hybridized carbons (Fsp3) is 0. The fourth-order valence-electron chi connectivity index (χ4n) is 1.50. The lowest BCUT2D eigenvalue weighted by Gasteiger charge is -1.89. The Hall–Kier alpha value is -2.61. The van der Waals surface area contributed by atoms with E-state index in [-0.39, 0.29) is 0 Å². The summed E-state index contributed by atoms with van der Waals surface area (Å²) in [6, 6.07) is 7.33. The van der Waals surface area contributed by atoms with Gasteiger partial charge in [-0.3, -0.25) is 0 Å². The minimum Gasteiger partial charge on any atom is -0.147 e. The highest BCUT2D eigenvalue weighted by Crippen LogP contribution is 2.18. The van der Waals surface area contributed by atoms with Gasteiger partial charge in [-0.15, -0.1) is 26.8 Å². The van der Waals surface area contributed by atoms with E-state index in [1.165, 1.54) is 0 Å². The van der Waals surface area contributed by atoms with E-state index in [0.29, 0.717) is 22.2 Å². The summed E-state index contributed by atoms with van der Waals surface area (Å²) >= 11 is 0. The molecule has 3 aromatic rings. The maximum atomic E-state index is 5.27. The quantitative estimate of drug-likeness (QED) is 0.513. The van der Waals surface area contributed by atoms with Crippen molar-refractivity contribution in [1.82, 2.24) is 25.6 Å². The van der Waals surface area contributed by atoms with Gasteiger partial charge in [0.2, 0.25) is 0 Å². The third-order valence-corrected chi connectivity index (χ3v) is 2.28. The molecule has 0 saturated heterocycles. The summed E-state index contributed by atoms with van der Waals surface area (Å²) < 4.78 is 0. The summed E-state index contributed by atoms with van der Waals surface area (Å²) in [5.41, 5.74) is 2.49. The normalized spacial score (nSPS) is 10.4. The molecule has 74 valence electrons. The standard InChI is InChI=1S/C11H5N5/c1-2-8-5-3-7-4-6-9-11(15-16-13-9)10(7)14-12-8/h1,3-6H. The van der Waals surface area contributed by atoms with Crippen LogP contribution in [0.4, 0.5) is 0 Å². The third kappa shape index (κ3) is 1.17. The van der Waals surface area contributed by atoms with Crippen LogP contribution in [0.25, 0.3) is 21.9 Å². The minimum absolute atomic E-state index is 0.483. The average Bonchev–Trinajstić information content (AvgIpc) is 2.69. The first-order chi connectivity index (χ1) is 7.88. The van der Waals surface area contributed by atoms with Crippen molar-refractivity contribution in [2.45, 2.75) is 0 Å². The van der Waals surface area contributed by atoms with Crippen LogP contribution in [0.1, 0.15) is 5.69 Å². The zero-order chi connectivity index (χ0) is 11.0. The van der Waals surface area contributed by atoms with Gasteiger partial charge in [-0.05, 0) is 29.3 Å². The molecule has 0 atom stereocenters. The molecule has 0 aliphatic rings. The van der Waals surface area contributed by atoms with Gasteiger partial charge >= 0.3 is 0 Å². The fourth-order valence-corrected chi connectivity index (χ4v) is 1.50. The molecule has 1 aromatic carbocycles. The van der Waals surface area contributed by atoms with Crippen molar-refractivity contribution in [2.75, 3.05) is 0 Å². The molecule has 0 N–H and O–H groups in total. The SMILES string of the molecule is C#Cc1ccc2ccc3nnnc3c2nn1. The van der Waals surface area contributed by atoms with Crippen LogP contribution in [0.15, 0.2) is 24.3 Å². The highest BCUT2D eigenvalue weighted by Gasteiger charge is 2.05. The number of nitrogens with zero attached hydrogens (tertiary/aromatic N) is 5. The molecule has 2 aromatic heterocycles.